The largest absolute Gasteiger partial charge is 0.495 e. The van der Waals surface area contributed by atoms with Crippen LogP contribution >= 0.6 is 0 Å². The van der Waals surface area contributed by atoms with Crippen molar-refractivity contribution < 1.29 is 24.2 Å². The number of carbonyl (C=O) groups is 1. The number of methoxy groups -OCH3 is 1. The summed E-state index contributed by atoms with van der Waals surface area (Å²) in [6.07, 6.45) is 1.60. The van der Waals surface area contributed by atoms with Gasteiger partial charge in [-0.05, 0) is 25.1 Å². The van der Waals surface area contributed by atoms with Crippen molar-refractivity contribution in [2.45, 2.75) is 19.0 Å². The van der Waals surface area contributed by atoms with Crippen LogP contribution in [0.5, 0.6) is 5.75 Å². The molecule has 0 aliphatic rings. The van der Waals surface area contributed by atoms with E-state index in [1.54, 1.807) is 19.3 Å². The van der Waals surface area contributed by atoms with Crippen molar-refractivity contribution in [2.75, 3.05) is 12.4 Å². The highest BCUT2D eigenvalue weighted by Gasteiger charge is 2.27. The molecule has 0 radical (unpaired) electrons. The van der Waals surface area contributed by atoms with Crippen molar-refractivity contribution in [1.29, 1.82) is 0 Å². The fourth-order valence-electron chi connectivity index (χ4n) is 3.03. The average molecular weight is 396 g/mol. The number of rotatable bonds is 8. The first-order chi connectivity index (χ1) is 14.0. The van der Waals surface area contributed by atoms with Crippen LogP contribution in [0.3, 0.4) is 0 Å². The van der Waals surface area contributed by atoms with Gasteiger partial charge in [-0.15, -0.1) is 0 Å². The van der Waals surface area contributed by atoms with Gasteiger partial charge >= 0.3 is 0 Å². The van der Waals surface area contributed by atoms with E-state index in [0.29, 0.717) is 5.75 Å². The first-order valence-corrected chi connectivity index (χ1v) is 9.06. The number of nitro benzene ring substituents is 1. The Morgan fingerprint density at radius 1 is 1.17 bits per heavy atom. The molecule has 0 fully saturated rings. The smallest absolute Gasteiger partial charge is 0.282 e. The lowest BCUT2D eigenvalue weighted by Crippen LogP contribution is -2.92. The number of nitrogens with one attached hydrogen (secondary N) is 1. The summed E-state index contributed by atoms with van der Waals surface area (Å²) in [6.45, 7) is 1.76. The van der Waals surface area contributed by atoms with Gasteiger partial charge < -0.3 is 19.8 Å². The number of nitro groups is 1. The van der Waals surface area contributed by atoms with Crippen LogP contribution in [0.25, 0.3) is 0 Å². The molecular formula is C21H22N3O5+. The molecule has 0 saturated heterocycles. The Hall–Kier alpha value is -3.65. The van der Waals surface area contributed by atoms with Gasteiger partial charge in [0.2, 0.25) is 0 Å². The third-order valence-electron chi connectivity index (χ3n) is 4.55. The Morgan fingerprint density at radius 3 is 2.55 bits per heavy atom. The number of nitrogens with zero attached hydrogens (tertiary/aromatic N) is 1. The van der Waals surface area contributed by atoms with Gasteiger partial charge in [-0.1, -0.05) is 30.3 Å². The number of hydrogen-bond acceptors (Lipinski definition) is 5. The quantitative estimate of drug-likeness (QED) is 0.449. The molecule has 3 aromatic rings. The molecule has 0 spiro atoms. The molecule has 0 saturated carbocycles. The highest BCUT2D eigenvalue weighted by Crippen LogP contribution is 2.29. The number of benzene rings is 2. The van der Waals surface area contributed by atoms with E-state index in [9.17, 15) is 14.9 Å². The first-order valence-electron chi connectivity index (χ1n) is 9.06. The molecule has 0 unspecified atom stereocenters. The van der Waals surface area contributed by atoms with E-state index in [0.717, 1.165) is 11.3 Å². The van der Waals surface area contributed by atoms with Gasteiger partial charge in [0.1, 0.15) is 5.75 Å². The summed E-state index contributed by atoms with van der Waals surface area (Å²) in [5, 5.41) is 15.7. The summed E-state index contributed by atoms with van der Waals surface area (Å²) in [6, 6.07) is 16.7. The van der Waals surface area contributed by atoms with E-state index in [1.807, 2.05) is 41.7 Å². The van der Waals surface area contributed by atoms with E-state index in [-0.39, 0.29) is 23.3 Å². The Bertz CT molecular complexity index is 973. The number of hydrogen-bond donors (Lipinski definition) is 2. The van der Waals surface area contributed by atoms with Crippen LogP contribution in [0, 0.1) is 10.1 Å². The molecule has 8 nitrogen and oxygen atoms in total. The summed E-state index contributed by atoms with van der Waals surface area (Å²) >= 11 is 0. The maximum absolute atomic E-state index is 12.8. The number of nitrogens with two attached hydrogens (primary N) is 1. The molecule has 1 amide bonds. The zero-order valence-corrected chi connectivity index (χ0v) is 16.1. The summed E-state index contributed by atoms with van der Waals surface area (Å²) < 4.78 is 10.8. The van der Waals surface area contributed by atoms with Gasteiger partial charge in [0.05, 0.1) is 24.0 Å². The molecule has 0 aliphatic carbocycles. The molecule has 8 heteroatoms. The van der Waals surface area contributed by atoms with Gasteiger partial charge in [-0.25, -0.2) is 0 Å². The van der Waals surface area contributed by atoms with Gasteiger partial charge in [-0.2, -0.15) is 0 Å². The number of furan rings is 1. The second kappa shape index (κ2) is 9.03. The first kappa shape index (κ1) is 20.1. The lowest BCUT2D eigenvalue weighted by Gasteiger charge is -2.19. The van der Waals surface area contributed by atoms with Crippen molar-refractivity contribution in [3.63, 3.8) is 0 Å². The second-order valence-electron chi connectivity index (χ2n) is 6.52. The topological polar surface area (TPSA) is 111 Å². The van der Waals surface area contributed by atoms with E-state index >= 15 is 0 Å². The lowest BCUT2D eigenvalue weighted by molar-refractivity contribution is -0.706. The van der Waals surface area contributed by atoms with Crippen molar-refractivity contribution in [2.24, 2.45) is 0 Å². The van der Waals surface area contributed by atoms with E-state index in [1.165, 1.54) is 25.3 Å². The molecular weight excluding hydrogens is 374 g/mol. The minimum absolute atomic E-state index is 0.129. The summed E-state index contributed by atoms with van der Waals surface area (Å²) in [5.41, 5.74) is 1.12. The summed E-state index contributed by atoms with van der Waals surface area (Å²) in [5.74, 6) is 0.766. The molecule has 1 aromatic heterocycles. The van der Waals surface area contributed by atoms with Gasteiger partial charge in [-0.3, -0.25) is 14.9 Å². The van der Waals surface area contributed by atoms with Gasteiger partial charge in [0.25, 0.3) is 11.6 Å². The van der Waals surface area contributed by atoms with Crippen LogP contribution in [-0.2, 0) is 4.79 Å². The van der Waals surface area contributed by atoms with Crippen LogP contribution in [0.2, 0.25) is 0 Å². The predicted octanol–water partition coefficient (Wildman–Crippen LogP) is 2.88. The van der Waals surface area contributed by atoms with Crippen molar-refractivity contribution >= 4 is 17.3 Å². The second-order valence-corrected chi connectivity index (χ2v) is 6.52. The lowest BCUT2D eigenvalue weighted by atomic mass is 10.0. The highest BCUT2D eigenvalue weighted by atomic mass is 16.6. The average Bonchev–Trinajstić information content (AvgIpc) is 3.26. The number of anilines is 1. The van der Waals surface area contributed by atoms with Gasteiger partial charge in [0, 0.05) is 17.7 Å². The standard InChI is InChI=1S/C21H21N3O5/c1-14(21(25)23-17-13-16(24(26)27)10-11-18(17)28-2)22-20(19-9-6-12-29-19)15-7-4-3-5-8-15/h3-14,20,22H,1-2H3,(H,23,25)/p+1/t14-,20-/m0/s1. The molecule has 0 aliphatic heterocycles. The third-order valence-corrected chi connectivity index (χ3v) is 4.55. The number of ether oxygens (including phenoxy) is 1. The monoisotopic (exact) mass is 396 g/mol. The highest BCUT2D eigenvalue weighted by molar-refractivity contribution is 5.95. The molecule has 29 heavy (non-hydrogen) atoms. The van der Waals surface area contributed by atoms with Crippen LogP contribution in [0.1, 0.15) is 24.3 Å². The summed E-state index contributed by atoms with van der Waals surface area (Å²) in [7, 11) is 1.44. The minimum atomic E-state index is -0.521. The van der Waals surface area contributed by atoms with E-state index in [2.05, 4.69) is 5.32 Å². The minimum Gasteiger partial charge on any atom is -0.495 e. The zero-order valence-electron chi connectivity index (χ0n) is 16.1. The number of non-ortho nitro benzene ring substituents is 1. The van der Waals surface area contributed by atoms with Crippen molar-refractivity contribution in [3.05, 3.63) is 88.4 Å². The normalized spacial score (nSPS) is 12.8. The summed E-state index contributed by atoms with van der Waals surface area (Å²) in [4.78, 5) is 23.3. The van der Waals surface area contributed by atoms with E-state index in [4.69, 9.17) is 9.15 Å². The maximum Gasteiger partial charge on any atom is 0.282 e. The molecule has 2 aromatic carbocycles. The molecule has 2 atom stereocenters. The number of amides is 1. The van der Waals surface area contributed by atoms with Crippen molar-refractivity contribution in [3.8, 4) is 5.75 Å². The fraction of sp³-hybridized carbons (Fsp3) is 0.190. The van der Waals surface area contributed by atoms with Crippen LogP contribution in [0.15, 0.2) is 71.3 Å². The Balaban J connectivity index is 1.79. The fourth-order valence-corrected chi connectivity index (χ4v) is 3.03. The van der Waals surface area contributed by atoms with Crippen LogP contribution in [0.4, 0.5) is 11.4 Å². The third kappa shape index (κ3) is 4.80. The Labute approximate surface area is 167 Å². The molecule has 1 heterocycles. The Morgan fingerprint density at radius 2 is 1.93 bits per heavy atom. The van der Waals surface area contributed by atoms with Crippen molar-refractivity contribution in [1.82, 2.24) is 0 Å². The number of quaternary nitrogens is 1. The molecule has 3 N–H and O–H groups in total. The predicted molar refractivity (Wildman–Crippen MR) is 107 cm³/mol. The van der Waals surface area contributed by atoms with E-state index < -0.39 is 11.0 Å². The maximum atomic E-state index is 12.8. The van der Waals surface area contributed by atoms with Crippen LogP contribution < -0.4 is 15.4 Å². The SMILES string of the molecule is COc1ccc([N+](=O)[O-])cc1NC(=O)[C@H](C)[NH2+][C@@H](c1ccccc1)c1ccco1. The van der Waals surface area contributed by atoms with Crippen LogP contribution in [-0.4, -0.2) is 24.0 Å². The molecule has 0 bridgehead atoms. The molecule has 3 rings (SSSR count). The number of carbonyl (C=O) groups excluding carboxylic acids is 1. The zero-order chi connectivity index (χ0) is 20.8. The van der Waals surface area contributed by atoms with Gasteiger partial charge in [0.15, 0.2) is 17.8 Å². The molecule has 150 valence electrons. The Kier molecular flexibility index (Phi) is 6.25.